The summed E-state index contributed by atoms with van der Waals surface area (Å²) < 4.78 is 1.36. The van der Waals surface area contributed by atoms with Crippen LogP contribution >= 0.6 is 0 Å². The van der Waals surface area contributed by atoms with Gasteiger partial charge in [-0.15, -0.1) is 0 Å². The number of carbonyl (C=O) groups excluding carboxylic acids is 1. The Labute approximate surface area is 154 Å². The van der Waals surface area contributed by atoms with E-state index in [1.54, 1.807) is 13.1 Å². The lowest BCUT2D eigenvalue weighted by Crippen LogP contribution is -2.40. The van der Waals surface area contributed by atoms with Gasteiger partial charge in [0.1, 0.15) is 0 Å². The van der Waals surface area contributed by atoms with Gasteiger partial charge in [0.2, 0.25) is 5.91 Å². The van der Waals surface area contributed by atoms with E-state index < -0.39 is 0 Å². The van der Waals surface area contributed by atoms with E-state index in [0.29, 0.717) is 25.4 Å². The van der Waals surface area contributed by atoms with Crippen molar-refractivity contribution in [2.75, 3.05) is 6.54 Å². The molecule has 5 heteroatoms. The van der Waals surface area contributed by atoms with Crippen molar-refractivity contribution in [1.29, 1.82) is 0 Å². The number of hydrogen-bond acceptors (Lipinski definition) is 3. The van der Waals surface area contributed by atoms with E-state index in [0.717, 1.165) is 23.2 Å². The first-order chi connectivity index (χ1) is 12.3. The van der Waals surface area contributed by atoms with Crippen molar-refractivity contribution in [3.8, 4) is 0 Å². The predicted molar refractivity (Wildman–Crippen MR) is 102 cm³/mol. The zero-order valence-electron chi connectivity index (χ0n) is 16.0. The summed E-state index contributed by atoms with van der Waals surface area (Å²) in [4.78, 5) is 26.6. The molecule has 0 radical (unpaired) electrons. The molecule has 138 valence electrons. The van der Waals surface area contributed by atoms with Gasteiger partial charge < -0.3 is 4.90 Å². The predicted octanol–water partition coefficient (Wildman–Crippen LogP) is 2.67. The van der Waals surface area contributed by atoms with Crippen LogP contribution in [-0.4, -0.2) is 27.1 Å². The highest BCUT2D eigenvalue weighted by molar-refractivity contribution is 5.83. The molecule has 5 nitrogen and oxygen atoms in total. The lowest BCUT2D eigenvalue weighted by atomic mass is 9.95. The van der Waals surface area contributed by atoms with Gasteiger partial charge >= 0.3 is 0 Å². The highest BCUT2D eigenvalue weighted by Crippen LogP contribution is 2.23. The maximum Gasteiger partial charge on any atom is 0.266 e. The first kappa shape index (κ1) is 18.4. The summed E-state index contributed by atoms with van der Waals surface area (Å²) in [6.07, 6.45) is 1.74. The summed E-state index contributed by atoms with van der Waals surface area (Å²) in [6, 6.07) is 9.98. The smallest absolute Gasteiger partial charge is 0.266 e. The van der Waals surface area contributed by atoms with Crippen molar-refractivity contribution in [2.24, 2.45) is 13.0 Å². The van der Waals surface area contributed by atoms with Crippen molar-refractivity contribution < 1.29 is 4.79 Å². The van der Waals surface area contributed by atoms with Gasteiger partial charge in [0.15, 0.2) is 0 Å². The fourth-order valence-electron chi connectivity index (χ4n) is 3.51. The van der Waals surface area contributed by atoms with E-state index in [1.807, 2.05) is 11.8 Å². The van der Waals surface area contributed by atoms with Gasteiger partial charge in [-0.2, -0.15) is 5.10 Å². The Morgan fingerprint density at radius 3 is 2.54 bits per heavy atom. The number of amides is 1. The molecule has 1 aliphatic rings. The first-order valence-electron chi connectivity index (χ1n) is 9.29. The number of aryl methyl sites for hydroxylation is 1. The van der Waals surface area contributed by atoms with Crippen LogP contribution < -0.4 is 5.56 Å². The highest BCUT2D eigenvalue weighted by Gasteiger charge is 2.26. The summed E-state index contributed by atoms with van der Waals surface area (Å²) in [5.74, 6) is 0.534. The Bertz CT molecular complexity index is 853. The van der Waals surface area contributed by atoms with Crippen LogP contribution in [0.4, 0.5) is 0 Å². The standard InChI is InChI=1S/C21H27N3O2/c1-14(2)11-16-5-7-17(8-6-16)15(3)21(26)24-10-9-19-18(13-24)12-20(25)23(4)22-19/h5-8,12,14-15H,9-11,13H2,1-4H3/t15-/m0/s1. The minimum atomic E-state index is -0.191. The Morgan fingerprint density at radius 1 is 1.19 bits per heavy atom. The summed E-state index contributed by atoms with van der Waals surface area (Å²) in [5, 5.41) is 4.31. The molecule has 1 atom stereocenters. The highest BCUT2D eigenvalue weighted by atomic mass is 16.2. The first-order valence-corrected chi connectivity index (χ1v) is 9.29. The average molecular weight is 353 g/mol. The molecule has 0 N–H and O–H groups in total. The maximum atomic E-state index is 12.9. The van der Waals surface area contributed by atoms with Gasteiger partial charge in [-0.3, -0.25) is 9.59 Å². The third kappa shape index (κ3) is 3.87. The molecule has 1 aromatic heterocycles. The van der Waals surface area contributed by atoms with E-state index in [9.17, 15) is 9.59 Å². The summed E-state index contributed by atoms with van der Waals surface area (Å²) in [7, 11) is 1.66. The fraction of sp³-hybridized carbons (Fsp3) is 0.476. The van der Waals surface area contributed by atoms with Crippen LogP contribution in [0.2, 0.25) is 0 Å². The van der Waals surface area contributed by atoms with Gasteiger partial charge in [-0.25, -0.2) is 4.68 Å². The van der Waals surface area contributed by atoms with E-state index in [1.165, 1.54) is 10.2 Å². The Balaban J connectivity index is 1.72. The molecule has 26 heavy (non-hydrogen) atoms. The number of carbonyl (C=O) groups is 1. The minimum Gasteiger partial charge on any atom is -0.337 e. The van der Waals surface area contributed by atoms with Crippen molar-refractivity contribution in [3.63, 3.8) is 0 Å². The molecule has 0 fully saturated rings. The van der Waals surface area contributed by atoms with Crippen LogP contribution in [0, 0.1) is 5.92 Å². The number of fused-ring (bicyclic) bond motifs is 1. The average Bonchev–Trinajstić information content (AvgIpc) is 2.61. The molecule has 0 aliphatic carbocycles. The summed E-state index contributed by atoms with van der Waals surface area (Å²) in [6.45, 7) is 7.48. The Kier molecular flexibility index (Phi) is 5.25. The van der Waals surface area contributed by atoms with Crippen LogP contribution in [0.3, 0.4) is 0 Å². The van der Waals surface area contributed by atoms with Crippen molar-refractivity contribution in [2.45, 2.75) is 46.1 Å². The Hall–Kier alpha value is -2.43. The molecule has 1 amide bonds. The lowest BCUT2D eigenvalue weighted by molar-refractivity contribution is -0.133. The van der Waals surface area contributed by atoms with E-state index >= 15 is 0 Å². The molecule has 0 saturated heterocycles. The normalized spacial score (nSPS) is 15.0. The van der Waals surface area contributed by atoms with Crippen LogP contribution in [0.15, 0.2) is 35.1 Å². The molecule has 3 rings (SSSR count). The molecule has 0 unspecified atom stereocenters. The monoisotopic (exact) mass is 353 g/mol. The van der Waals surface area contributed by atoms with Gasteiger partial charge in [-0.1, -0.05) is 38.1 Å². The Morgan fingerprint density at radius 2 is 1.88 bits per heavy atom. The van der Waals surface area contributed by atoms with Crippen molar-refractivity contribution >= 4 is 5.91 Å². The second-order valence-electron chi connectivity index (χ2n) is 7.65. The number of nitrogens with zero attached hydrogens (tertiary/aromatic N) is 3. The van der Waals surface area contributed by atoms with Crippen molar-refractivity contribution in [1.82, 2.24) is 14.7 Å². The third-order valence-corrected chi connectivity index (χ3v) is 5.04. The molecule has 0 bridgehead atoms. The topological polar surface area (TPSA) is 55.2 Å². The number of aromatic nitrogens is 2. The van der Waals surface area contributed by atoms with Gasteiger partial charge in [0, 0.05) is 38.2 Å². The fourth-order valence-corrected chi connectivity index (χ4v) is 3.51. The van der Waals surface area contributed by atoms with E-state index in [-0.39, 0.29) is 17.4 Å². The number of hydrogen-bond donors (Lipinski definition) is 0. The maximum absolute atomic E-state index is 12.9. The SMILES string of the molecule is CC(C)Cc1ccc([C@H](C)C(=O)N2CCc3nn(C)c(=O)cc3C2)cc1. The van der Waals surface area contributed by atoms with Crippen LogP contribution in [0.1, 0.15) is 49.1 Å². The zero-order chi connectivity index (χ0) is 18.8. The largest absolute Gasteiger partial charge is 0.337 e. The lowest BCUT2D eigenvalue weighted by Gasteiger charge is -2.30. The molecule has 0 spiro atoms. The van der Waals surface area contributed by atoms with Gasteiger partial charge in [0.05, 0.1) is 11.6 Å². The zero-order valence-corrected chi connectivity index (χ0v) is 16.0. The van der Waals surface area contributed by atoms with Crippen LogP contribution in [0.25, 0.3) is 0 Å². The summed E-state index contributed by atoms with van der Waals surface area (Å²) >= 11 is 0. The van der Waals surface area contributed by atoms with Crippen molar-refractivity contribution in [3.05, 3.63) is 63.1 Å². The van der Waals surface area contributed by atoms with E-state index in [2.05, 4.69) is 43.2 Å². The molecular weight excluding hydrogens is 326 g/mol. The quantitative estimate of drug-likeness (QED) is 0.849. The number of rotatable bonds is 4. The minimum absolute atomic E-state index is 0.105. The molecular formula is C21H27N3O2. The second-order valence-corrected chi connectivity index (χ2v) is 7.65. The molecule has 2 heterocycles. The molecule has 2 aromatic rings. The third-order valence-electron chi connectivity index (χ3n) is 5.04. The van der Waals surface area contributed by atoms with Crippen LogP contribution in [0.5, 0.6) is 0 Å². The van der Waals surface area contributed by atoms with Gasteiger partial charge in [-0.05, 0) is 30.4 Å². The van der Waals surface area contributed by atoms with Crippen LogP contribution in [-0.2, 0) is 31.2 Å². The molecule has 1 aromatic carbocycles. The number of benzene rings is 1. The second kappa shape index (κ2) is 7.44. The van der Waals surface area contributed by atoms with Gasteiger partial charge in [0.25, 0.3) is 5.56 Å². The summed E-state index contributed by atoms with van der Waals surface area (Å²) in [5.41, 5.74) is 3.99. The van der Waals surface area contributed by atoms with E-state index in [4.69, 9.17) is 0 Å². The molecule has 1 aliphatic heterocycles. The molecule has 0 saturated carbocycles.